The Morgan fingerprint density at radius 3 is 2.12 bits per heavy atom. The third kappa shape index (κ3) is 2.48. The summed E-state index contributed by atoms with van der Waals surface area (Å²) < 4.78 is 5.81. The number of halogens is 1. The van der Waals surface area contributed by atoms with Gasteiger partial charge in [0.05, 0.1) is 5.02 Å². The van der Waals surface area contributed by atoms with E-state index in [0.29, 0.717) is 5.02 Å². The molecular formula is C14H15ClO. The topological polar surface area (TPSA) is 9.23 Å². The standard InChI is InChI=1S/C14H15ClO/c1-14(2,3)16-13-9-11-7-5-4-6-10(11)8-12(13)15/h4-9H,1-3H3. The SMILES string of the molecule is CC(C)(C)Oc1cc2ccccc2cc1Cl. The van der Waals surface area contributed by atoms with Crippen molar-refractivity contribution in [1.29, 1.82) is 0 Å². The predicted molar refractivity (Wildman–Crippen MR) is 69.3 cm³/mol. The maximum absolute atomic E-state index is 6.18. The lowest BCUT2D eigenvalue weighted by Crippen LogP contribution is -2.23. The molecule has 0 bridgehead atoms. The Bertz CT molecular complexity index is 512. The van der Waals surface area contributed by atoms with E-state index >= 15 is 0 Å². The van der Waals surface area contributed by atoms with Crippen LogP contribution in [0.1, 0.15) is 20.8 Å². The Kier molecular flexibility index (Phi) is 2.81. The molecule has 0 atom stereocenters. The fourth-order valence-electron chi connectivity index (χ4n) is 1.60. The van der Waals surface area contributed by atoms with Crippen molar-refractivity contribution >= 4 is 22.4 Å². The van der Waals surface area contributed by atoms with Crippen LogP contribution in [0.4, 0.5) is 0 Å². The van der Waals surface area contributed by atoms with E-state index in [2.05, 4.69) is 6.07 Å². The average Bonchev–Trinajstić information content (AvgIpc) is 2.17. The largest absolute Gasteiger partial charge is 0.487 e. The molecule has 84 valence electrons. The van der Waals surface area contributed by atoms with Gasteiger partial charge >= 0.3 is 0 Å². The Morgan fingerprint density at radius 2 is 1.56 bits per heavy atom. The summed E-state index contributed by atoms with van der Waals surface area (Å²) in [7, 11) is 0. The van der Waals surface area contributed by atoms with E-state index in [0.717, 1.165) is 16.5 Å². The summed E-state index contributed by atoms with van der Waals surface area (Å²) in [5.74, 6) is 0.743. The van der Waals surface area contributed by atoms with E-state index in [4.69, 9.17) is 16.3 Å². The van der Waals surface area contributed by atoms with Crippen molar-refractivity contribution in [3.63, 3.8) is 0 Å². The molecule has 2 aromatic carbocycles. The van der Waals surface area contributed by atoms with Gasteiger partial charge in [0.1, 0.15) is 11.4 Å². The summed E-state index contributed by atoms with van der Waals surface area (Å²) >= 11 is 6.18. The van der Waals surface area contributed by atoms with Crippen LogP contribution in [0.15, 0.2) is 36.4 Å². The normalized spacial score (nSPS) is 11.8. The molecular weight excluding hydrogens is 220 g/mol. The fourth-order valence-corrected chi connectivity index (χ4v) is 1.81. The average molecular weight is 235 g/mol. The number of benzene rings is 2. The minimum atomic E-state index is -0.230. The van der Waals surface area contributed by atoms with Crippen molar-refractivity contribution in [2.45, 2.75) is 26.4 Å². The van der Waals surface area contributed by atoms with Crippen molar-refractivity contribution in [2.24, 2.45) is 0 Å². The molecule has 0 unspecified atom stereocenters. The molecule has 2 aromatic rings. The van der Waals surface area contributed by atoms with Gasteiger partial charge in [0.2, 0.25) is 0 Å². The van der Waals surface area contributed by atoms with Crippen LogP contribution in [-0.2, 0) is 0 Å². The lowest BCUT2D eigenvalue weighted by Gasteiger charge is -2.22. The fraction of sp³-hybridized carbons (Fsp3) is 0.286. The van der Waals surface area contributed by atoms with E-state index in [9.17, 15) is 0 Å². The maximum atomic E-state index is 6.18. The number of hydrogen-bond donors (Lipinski definition) is 0. The zero-order chi connectivity index (χ0) is 11.8. The summed E-state index contributed by atoms with van der Waals surface area (Å²) in [5, 5.41) is 2.94. The maximum Gasteiger partial charge on any atom is 0.139 e. The second-order valence-corrected chi connectivity index (χ2v) is 5.25. The van der Waals surface area contributed by atoms with Gasteiger partial charge < -0.3 is 4.74 Å². The molecule has 16 heavy (non-hydrogen) atoms. The third-order valence-electron chi connectivity index (χ3n) is 2.22. The van der Waals surface area contributed by atoms with Crippen molar-refractivity contribution in [2.75, 3.05) is 0 Å². The van der Waals surface area contributed by atoms with Gasteiger partial charge in [-0.2, -0.15) is 0 Å². The molecule has 0 aliphatic heterocycles. The number of hydrogen-bond acceptors (Lipinski definition) is 1. The van der Waals surface area contributed by atoms with Gasteiger partial charge in [-0.15, -0.1) is 0 Å². The number of ether oxygens (including phenoxy) is 1. The molecule has 0 radical (unpaired) electrons. The minimum Gasteiger partial charge on any atom is -0.487 e. The zero-order valence-electron chi connectivity index (χ0n) is 9.75. The molecule has 0 saturated heterocycles. The highest BCUT2D eigenvalue weighted by Gasteiger charge is 2.14. The van der Waals surface area contributed by atoms with Crippen LogP contribution >= 0.6 is 11.6 Å². The van der Waals surface area contributed by atoms with Crippen LogP contribution in [0.2, 0.25) is 5.02 Å². The monoisotopic (exact) mass is 234 g/mol. The number of fused-ring (bicyclic) bond motifs is 1. The minimum absolute atomic E-state index is 0.230. The molecule has 0 amide bonds. The van der Waals surface area contributed by atoms with Gasteiger partial charge in [0.15, 0.2) is 0 Å². The molecule has 0 heterocycles. The molecule has 0 aromatic heterocycles. The summed E-state index contributed by atoms with van der Waals surface area (Å²) in [6, 6.07) is 12.0. The second-order valence-electron chi connectivity index (χ2n) is 4.84. The van der Waals surface area contributed by atoms with Crippen LogP contribution in [0, 0.1) is 0 Å². The Morgan fingerprint density at radius 1 is 1.00 bits per heavy atom. The first-order valence-corrected chi connectivity index (χ1v) is 5.71. The predicted octanol–water partition coefficient (Wildman–Crippen LogP) is 4.67. The quantitative estimate of drug-likeness (QED) is 0.697. The van der Waals surface area contributed by atoms with Crippen LogP contribution < -0.4 is 4.74 Å². The van der Waals surface area contributed by atoms with E-state index in [1.165, 1.54) is 0 Å². The Labute approximate surface area is 101 Å². The molecule has 0 fully saturated rings. The van der Waals surface area contributed by atoms with Crippen LogP contribution in [0.3, 0.4) is 0 Å². The summed E-state index contributed by atoms with van der Waals surface area (Å²) in [6.45, 7) is 6.04. The first kappa shape index (κ1) is 11.3. The van der Waals surface area contributed by atoms with E-state index in [1.807, 2.05) is 51.1 Å². The Hall–Kier alpha value is -1.21. The van der Waals surface area contributed by atoms with Gasteiger partial charge in [-0.25, -0.2) is 0 Å². The second kappa shape index (κ2) is 3.99. The van der Waals surface area contributed by atoms with Gasteiger partial charge in [-0.05, 0) is 43.7 Å². The van der Waals surface area contributed by atoms with Crippen LogP contribution in [0.5, 0.6) is 5.75 Å². The highest BCUT2D eigenvalue weighted by molar-refractivity contribution is 6.32. The number of rotatable bonds is 1. The summed E-state index contributed by atoms with van der Waals surface area (Å²) in [6.07, 6.45) is 0. The van der Waals surface area contributed by atoms with Crippen molar-refractivity contribution < 1.29 is 4.74 Å². The lowest BCUT2D eigenvalue weighted by molar-refractivity contribution is 0.131. The lowest BCUT2D eigenvalue weighted by atomic mass is 10.1. The van der Waals surface area contributed by atoms with Crippen molar-refractivity contribution in [3.8, 4) is 5.75 Å². The van der Waals surface area contributed by atoms with Gasteiger partial charge in [-0.3, -0.25) is 0 Å². The molecule has 0 N–H and O–H groups in total. The van der Waals surface area contributed by atoms with Crippen LogP contribution in [0.25, 0.3) is 10.8 Å². The smallest absolute Gasteiger partial charge is 0.139 e. The van der Waals surface area contributed by atoms with Crippen molar-refractivity contribution in [3.05, 3.63) is 41.4 Å². The van der Waals surface area contributed by atoms with Crippen LogP contribution in [-0.4, -0.2) is 5.60 Å². The van der Waals surface area contributed by atoms with Gasteiger partial charge in [-0.1, -0.05) is 35.9 Å². The molecule has 1 nitrogen and oxygen atoms in total. The summed E-state index contributed by atoms with van der Waals surface area (Å²) in [5.41, 5.74) is -0.230. The van der Waals surface area contributed by atoms with Crippen molar-refractivity contribution in [1.82, 2.24) is 0 Å². The van der Waals surface area contributed by atoms with Gasteiger partial charge in [0, 0.05) is 0 Å². The van der Waals surface area contributed by atoms with Gasteiger partial charge in [0.25, 0.3) is 0 Å². The highest BCUT2D eigenvalue weighted by atomic mass is 35.5. The first-order valence-electron chi connectivity index (χ1n) is 5.33. The zero-order valence-corrected chi connectivity index (χ0v) is 10.5. The first-order chi connectivity index (χ1) is 7.46. The molecule has 2 rings (SSSR count). The summed E-state index contributed by atoms with van der Waals surface area (Å²) in [4.78, 5) is 0. The molecule has 0 saturated carbocycles. The molecule has 0 aliphatic carbocycles. The molecule has 2 heteroatoms. The highest BCUT2D eigenvalue weighted by Crippen LogP contribution is 2.32. The van der Waals surface area contributed by atoms with E-state index in [-0.39, 0.29) is 5.60 Å². The third-order valence-corrected chi connectivity index (χ3v) is 2.51. The van der Waals surface area contributed by atoms with E-state index in [1.54, 1.807) is 0 Å². The van der Waals surface area contributed by atoms with E-state index < -0.39 is 0 Å². The molecule has 0 spiro atoms. The molecule has 0 aliphatic rings. The Balaban J connectivity index is 2.50.